The van der Waals surface area contributed by atoms with Gasteiger partial charge in [0.2, 0.25) is 0 Å². The molecule has 3 rings (SSSR count). The molecule has 0 aliphatic rings. The third-order valence-corrected chi connectivity index (χ3v) is 4.58. The van der Waals surface area contributed by atoms with Crippen LogP contribution in [0.25, 0.3) is 4.96 Å². The maximum Gasteiger partial charge on any atom is 0.306 e. The smallest absolute Gasteiger partial charge is 0.306 e. The third kappa shape index (κ3) is 2.34. The Kier molecular flexibility index (Phi) is 3.79. The number of hydrogen-bond donors (Lipinski definition) is 2. The zero-order valence-electron chi connectivity index (χ0n) is 11.8. The van der Waals surface area contributed by atoms with Gasteiger partial charge in [-0.15, -0.1) is 11.3 Å². The summed E-state index contributed by atoms with van der Waals surface area (Å²) in [5, 5.41) is 7.45. The summed E-state index contributed by atoms with van der Waals surface area (Å²) in [6.07, 6.45) is 1.82. The molecule has 0 aromatic carbocycles. The molecule has 1 atom stereocenters. The first-order chi connectivity index (χ1) is 10.5. The number of esters is 1. The second kappa shape index (κ2) is 5.62. The Morgan fingerprint density at radius 2 is 2.32 bits per heavy atom. The van der Waals surface area contributed by atoms with Crippen LogP contribution in [-0.2, 0) is 9.53 Å². The van der Waals surface area contributed by atoms with E-state index in [4.69, 9.17) is 16.3 Å². The molecule has 0 amide bonds. The molecular formula is C13H13ClN4O3S. The van der Waals surface area contributed by atoms with E-state index in [0.717, 1.165) is 0 Å². The van der Waals surface area contributed by atoms with E-state index in [1.54, 1.807) is 11.3 Å². The molecule has 0 spiro atoms. The molecule has 3 aromatic heterocycles. The number of aryl methyl sites for hydroxylation is 1. The van der Waals surface area contributed by atoms with E-state index >= 15 is 0 Å². The van der Waals surface area contributed by atoms with Gasteiger partial charge in [0.1, 0.15) is 0 Å². The second-order valence-corrected chi connectivity index (χ2v) is 6.03. The van der Waals surface area contributed by atoms with Gasteiger partial charge in [0.05, 0.1) is 19.2 Å². The summed E-state index contributed by atoms with van der Waals surface area (Å²) in [6.45, 7) is 1.76. The number of rotatable bonds is 4. The van der Waals surface area contributed by atoms with Crippen molar-refractivity contribution in [1.29, 1.82) is 0 Å². The fourth-order valence-corrected chi connectivity index (χ4v) is 3.62. The molecule has 0 fully saturated rings. The lowest BCUT2D eigenvalue weighted by atomic mass is 9.93. The van der Waals surface area contributed by atoms with Crippen LogP contribution in [0.15, 0.2) is 16.4 Å². The highest BCUT2D eigenvalue weighted by Gasteiger charge is 2.30. The summed E-state index contributed by atoms with van der Waals surface area (Å²) >= 11 is 7.68. The maximum absolute atomic E-state index is 12.1. The molecule has 9 heteroatoms. The van der Waals surface area contributed by atoms with Crippen LogP contribution in [0.3, 0.4) is 0 Å². The predicted molar refractivity (Wildman–Crippen MR) is 82.7 cm³/mol. The molecule has 3 heterocycles. The van der Waals surface area contributed by atoms with E-state index in [1.807, 2.05) is 11.6 Å². The molecule has 0 aliphatic carbocycles. The van der Waals surface area contributed by atoms with E-state index in [0.29, 0.717) is 21.9 Å². The average Bonchev–Trinajstić information content (AvgIpc) is 3.12. The number of H-pyrrole nitrogens is 2. The molecule has 0 radical (unpaired) electrons. The molecule has 0 bridgehead atoms. The minimum absolute atomic E-state index is 0.00162. The van der Waals surface area contributed by atoms with Gasteiger partial charge in [-0.25, -0.2) is 4.98 Å². The van der Waals surface area contributed by atoms with Crippen LogP contribution in [0.2, 0.25) is 5.15 Å². The minimum Gasteiger partial charge on any atom is -0.469 e. The lowest BCUT2D eigenvalue weighted by Gasteiger charge is -2.14. The molecular weight excluding hydrogens is 328 g/mol. The summed E-state index contributed by atoms with van der Waals surface area (Å²) in [5.41, 5.74) is 1.43. The standard InChI is InChI=1S/C13H13ClN4O3S/c1-6-9(12(20)17-16-6)7(5-8(19)21-2)10-11(14)15-13-18(10)3-4-22-13/h3-4,7H,5H2,1-2H3,(H2,16,17,20)/t7-/m1/s1. The van der Waals surface area contributed by atoms with Gasteiger partial charge < -0.3 is 9.84 Å². The highest BCUT2D eigenvalue weighted by Crippen LogP contribution is 2.34. The van der Waals surface area contributed by atoms with Gasteiger partial charge in [-0.05, 0) is 6.92 Å². The van der Waals surface area contributed by atoms with Crippen LogP contribution < -0.4 is 5.56 Å². The van der Waals surface area contributed by atoms with Gasteiger partial charge in [0.15, 0.2) is 10.1 Å². The summed E-state index contributed by atoms with van der Waals surface area (Å²) in [7, 11) is 1.31. The summed E-state index contributed by atoms with van der Waals surface area (Å²) in [6, 6.07) is 0. The first-order valence-electron chi connectivity index (χ1n) is 6.47. The molecule has 2 N–H and O–H groups in total. The van der Waals surface area contributed by atoms with Crippen molar-refractivity contribution in [2.45, 2.75) is 19.3 Å². The van der Waals surface area contributed by atoms with E-state index in [-0.39, 0.29) is 17.1 Å². The number of carbonyl (C=O) groups excluding carboxylic acids is 1. The van der Waals surface area contributed by atoms with Crippen molar-refractivity contribution in [3.8, 4) is 0 Å². The highest BCUT2D eigenvalue weighted by atomic mass is 35.5. The highest BCUT2D eigenvalue weighted by molar-refractivity contribution is 7.15. The number of imidazole rings is 1. The number of nitrogens with one attached hydrogen (secondary N) is 2. The molecule has 116 valence electrons. The average molecular weight is 341 g/mol. The number of thiazole rings is 1. The minimum atomic E-state index is -0.542. The molecule has 0 aliphatic heterocycles. The number of aromatic nitrogens is 4. The zero-order valence-corrected chi connectivity index (χ0v) is 13.4. The number of hydrogen-bond acceptors (Lipinski definition) is 5. The maximum atomic E-state index is 12.1. The quantitative estimate of drug-likeness (QED) is 0.711. The van der Waals surface area contributed by atoms with Gasteiger partial charge in [-0.2, -0.15) is 0 Å². The number of halogens is 1. The lowest BCUT2D eigenvalue weighted by molar-refractivity contribution is -0.140. The summed E-state index contributed by atoms with van der Waals surface area (Å²) in [5.74, 6) is -0.967. The van der Waals surface area contributed by atoms with Gasteiger partial charge in [-0.3, -0.25) is 19.1 Å². The number of nitrogens with zero attached hydrogens (tertiary/aromatic N) is 2. The molecule has 7 nitrogen and oxygen atoms in total. The molecule has 0 saturated carbocycles. The van der Waals surface area contributed by atoms with Gasteiger partial charge in [-0.1, -0.05) is 11.6 Å². The van der Waals surface area contributed by atoms with Crippen molar-refractivity contribution in [3.63, 3.8) is 0 Å². The van der Waals surface area contributed by atoms with Crippen LogP contribution >= 0.6 is 22.9 Å². The van der Waals surface area contributed by atoms with Crippen LogP contribution in [0, 0.1) is 6.92 Å². The molecule has 0 saturated heterocycles. The van der Waals surface area contributed by atoms with Crippen LogP contribution in [0.4, 0.5) is 0 Å². The number of ether oxygens (including phenoxy) is 1. The van der Waals surface area contributed by atoms with Gasteiger partial charge in [0.25, 0.3) is 5.56 Å². The number of methoxy groups -OCH3 is 1. The third-order valence-electron chi connectivity index (χ3n) is 3.54. The van der Waals surface area contributed by atoms with Crippen molar-refractivity contribution in [1.82, 2.24) is 19.6 Å². The van der Waals surface area contributed by atoms with Gasteiger partial charge in [0, 0.05) is 28.8 Å². The Labute approximate surface area is 133 Å². The van der Waals surface area contributed by atoms with Crippen LogP contribution in [-0.4, -0.2) is 32.7 Å². The first-order valence-corrected chi connectivity index (χ1v) is 7.73. The fraction of sp³-hybridized carbons (Fsp3) is 0.308. The topological polar surface area (TPSA) is 92.2 Å². The summed E-state index contributed by atoms with van der Waals surface area (Å²) in [4.78, 5) is 28.9. The molecule has 22 heavy (non-hydrogen) atoms. The Hall–Kier alpha value is -2.06. The van der Waals surface area contributed by atoms with Crippen molar-refractivity contribution >= 4 is 33.9 Å². The Balaban J connectivity index is 2.21. The van der Waals surface area contributed by atoms with Gasteiger partial charge >= 0.3 is 5.97 Å². The lowest BCUT2D eigenvalue weighted by Crippen LogP contribution is -2.18. The van der Waals surface area contributed by atoms with Crippen molar-refractivity contribution in [2.75, 3.05) is 7.11 Å². The SMILES string of the molecule is COC(=O)C[C@H](c1c(C)[nH][nH]c1=O)c1c(Cl)nc2sccn12. The Bertz CT molecular complexity index is 891. The second-order valence-electron chi connectivity index (χ2n) is 4.79. The van der Waals surface area contributed by atoms with Crippen molar-refractivity contribution in [3.05, 3.63) is 44.0 Å². The largest absolute Gasteiger partial charge is 0.469 e. The van der Waals surface area contributed by atoms with Crippen LogP contribution in [0.5, 0.6) is 0 Å². The van der Waals surface area contributed by atoms with Crippen molar-refractivity contribution < 1.29 is 9.53 Å². The fourth-order valence-electron chi connectivity index (χ4n) is 2.55. The van der Waals surface area contributed by atoms with E-state index in [1.165, 1.54) is 18.4 Å². The van der Waals surface area contributed by atoms with E-state index in [9.17, 15) is 9.59 Å². The van der Waals surface area contributed by atoms with E-state index in [2.05, 4.69) is 15.2 Å². The number of fused-ring (bicyclic) bond motifs is 1. The number of carbonyl (C=O) groups is 1. The normalized spacial score (nSPS) is 12.7. The Morgan fingerprint density at radius 1 is 1.55 bits per heavy atom. The first kappa shape index (κ1) is 14.9. The van der Waals surface area contributed by atoms with E-state index < -0.39 is 11.9 Å². The van der Waals surface area contributed by atoms with Crippen LogP contribution in [0.1, 0.15) is 29.3 Å². The zero-order chi connectivity index (χ0) is 15.9. The monoisotopic (exact) mass is 340 g/mol. The predicted octanol–water partition coefficient (Wildman–Crippen LogP) is 2.07. The Morgan fingerprint density at radius 3 is 2.95 bits per heavy atom. The van der Waals surface area contributed by atoms with Crippen molar-refractivity contribution in [2.24, 2.45) is 0 Å². The number of aromatic amines is 2. The summed E-state index contributed by atoms with van der Waals surface area (Å²) < 4.78 is 6.56. The molecule has 0 unspecified atom stereocenters. The molecule has 3 aromatic rings.